The highest BCUT2D eigenvalue weighted by molar-refractivity contribution is 7.89. The van der Waals surface area contributed by atoms with Crippen molar-refractivity contribution in [1.29, 1.82) is 0 Å². The zero-order chi connectivity index (χ0) is 15.5. The van der Waals surface area contributed by atoms with Crippen LogP contribution in [0.15, 0.2) is 39.9 Å². The highest BCUT2D eigenvalue weighted by Gasteiger charge is 2.19. The number of nitrogens with two attached hydrogens (primary N) is 1. The number of sulfonamides is 1. The van der Waals surface area contributed by atoms with Gasteiger partial charge in [0.25, 0.3) is 0 Å². The standard InChI is InChI=1S/C14H17FN2O2S2/c1-10(6-11-4-5-20-9-11)17-21(18,19)13-2-3-14(15)12(7-13)8-16/h2-5,7,9-10,17H,6,8,16H2,1H3. The minimum atomic E-state index is -3.68. The van der Waals surface area contributed by atoms with Gasteiger partial charge in [0.2, 0.25) is 10.0 Å². The highest BCUT2D eigenvalue weighted by atomic mass is 32.2. The average molecular weight is 328 g/mol. The molecule has 7 heteroatoms. The molecule has 3 N–H and O–H groups in total. The van der Waals surface area contributed by atoms with E-state index < -0.39 is 15.8 Å². The van der Waals surface area contributed by atoms with Crippen LogP contribution in [-0.4, -0.2) is 14.5 Å². The third-order valence-electron chi connectivity index (χ3n) is 3.03. The van der Waals surface area contributed by atoms with Crippen LogP contribution in [0, 0.1) is 5.82 Å². The average Bonchev–Trinajstić information content (AvgIpc) is 2.91. The molecule has 0 aliphatic rings. The molecule has 1 atom stereocenters. The number of halogens is 1. The summed E-state index contributed by atoms with van der Waals surface area (Å²) in [5.41, 5.74) is 6.66. The molecule has 1 aromatic heterocycles. The topological polar surface area (TPSA) is 72.2 Å². The lowest BCUT2D eigenvalue weighted by Gasteiger charge is -2.14. The predicted molar refractivity (Wildman–Crippen MR) is 82.1 cm³/mol. The fourth-order valence-electron chi connectivity index (χ4n) is 2.01. The zero-order valence-corrected chi connectivity index (χ0v) is 13.2. The van der Waals surface area contributed by atoms with Gasteiger partial charge in [0, 0.05) is 18.2 Å². The maximum absolute atomic E-state index is 13.4. The van der Waals surface area contributed by atoms with Crippen LogP contribution in [0.2, 0.25) is 0 Å². The van der Waals surface area contributed by atoms with Gasteiger partial charge in [-0.05, 0) is 53.9 Å². The first-order chi connectivity index (χ1) is 9.92. The van der Waals surface area contributed by atoms with E-state index in [0.29, 0.717) is 6.42 Å². The van der Waals surface area contributed by atoms with E-state index >= 15 is 0 Å². The van der Waals surface area contributed by atoms with Crippen molar-refractivity contribution < 1.29 is 12.8 Å². The molecule has 2 aromatic rings. The second kappa shape index (κ2) is 6.65. The van der Waals surface area contributed by atoms with E-state index in [0.717, 1.165) is 11.6 Å². The molecular weight excluding hydrogens is 311 g/mol. The van der Waals surface area contributed by atoms with E-state index in [2.05, 4.69) is 4.72 Å². The number of thiophene rings is 1. The summed E-state index contributed by atoms with van der Waals surface area (Å²) in [7, 11) is -3.68. The summed E-state index contributed by atoms with van der Waals surface area (Å²) in [5, 5.41) is 3.93. The summed E-state index contributed by atoms with van der Waals surface area (Å²) in [6, 6.07) is 5.35. The Balaban J connectivity index is 2.14. The quantitative estimate of drug-likeness (QED) is 0.854. The predicted octanol–water partition coefficient (Wildman–Crippen LogP) is 2.26. The fourth-order valence-corrected chi connectivity index (χ4v) is 3.99. The molecule has 0 spiro atoms. The van der Waals surface area contributed by atoms with E-state index in [9.17, 15) is 12.8 Å². The number of benzene rings is 1. The molecule has 1 aromatic carbocycles. The summed E-state index contributed by atoms with van der Waals surface area (Å²) in [6.45, 7) is 1.75. The number of hydrogen-bond acceptors (Lipinski definition) is 4. The molecule has 0 bridgehead atoms. The summed E-state index contributed by atoms with van der Waals surface area (Å²) in [6.07, 6.45) is 0.605. The van der Waals surface area contributed by atoms with Gasteiger partial charge in [-0.3, -0.25) is 0 Å². The van der Waals surface area contributed by atoms with Crippen molar-refractivity contribution in [2.24, 2.45) is 5.73 Å². The number of hydrogen-bond donors (Lipinski definition) is 2. The first kappa shape index (κ1) is 16.1. The van der Waals surface area contributed by atoms with Crippen molar-refractivity contribution in [1.82, 2.24) is 4.72 Å². The van der Waals surface area contributed by atoms with Crippen LogP contribution in [0.1, 0.15) is 18.1 Å². The molecular formula is C14H17FN2O2S2. The van der Waals surface area contributed by atoms with Crippen LogP contribution >= 0.6 is 11.3 Å². The SMILES string of the molecule is CC(Cc1ccsc1)NS(=O)(=O)c1ccc(F)c(CN)c1. The molecule has 4 nitrogen and oxygen atoms in total. The first-order valence-corrected chi connectivity index (χ1v) is 8.87. The number of nitrogens with one attached hydrogen (secondary N) is 1. The van der Waals surface area contributed by atoms with Gasteiger partial charge in [0.1, 0.15) is 5.82 Å². The lowest BCUT2D eigenvalue weighted by molar-refractivity contribution is 0.558. The third-order valence-corrected chi connectivity index (χ3v) is 5.34. The summed E-state index contributed by atoms with van der Waals surface area (Å²) >= 11 is 1.57. The van der Waals surface area contributed by atoms with E-state index in [1.54, 1.807) is 18.3 Å². The van der Waals surface area contributed by atoms with E-state index in [1.165, 1.54) is 12.1 Å². The van der Waals surface area contributed by atoms with E-state index in [4.69, 9.17) is 5.73 Å². The Morgan fingerprint density at radius 2 is 2.14 bits per heavy atom. The Morgan fingerprint density at radius 1 is 1.38 bits per heavy atom. The van der Waals surface area contributed by atoms with Crippen molar-refractivity contribution in [3.63, 3.8) is 0 Å². The molecule has 1 heterocycles. The molecule has 0 fully saturated rings. The van der Waals surface area contributed by atoms with Gasteiger partial charge in [0.15, 0.2) is 0 Å². The summed E-state index contributed by atoms with van der Waals surface area (Å²) < 4.78 is 40.5. The molecule has 0 saturated heterocycles. The van der Waals surface area contributed by atoms with Gasteiger partial charge in [-0.2, -0.15) is 11.3 Å². The third kappa shape index (κ3) is 4.10. The van der Waals surface area contributed by atoms with Crippen LogP contribution < -0.4 is 10.5 Å². The molecule has 0 aliphatic carbocycles. The second-order valence-electron chi connectivity index (χ2n) is 4.82. The molecule has 21 heavy (non-hydrogen) atoms. The molecule has 2 rings (SSSR count). The van der Waals surface area contributed by atoms with Gasteiger partial charge in [-0.25, -0.2) is 17.5 Å². The Hall–Kier alpha value is -1.28. The smallest absolute Gasteiger partial charge is 0.240 e. The number of rotatable bonds is 6. The zero-order valence-electron chi connectivity index (χ0n) is 11.5. The van der Waals surface area contributed by atoms with Gasteiger partial charge in [0.05, 0.1) is 4.90 Å². The normalized spacial score (nSPS) is 13.3. The van der Waals surface area contributed by atoms with Crippen LogP contribution in [-0.2, 0) is 23.0 Å². The van der Waals surface area contributed by atoms with E-state index in [-0.39, 0.29) is 23.0 Å². The molecule has 0 radical (unpaired) electrons. The molecule has 0 saturated carbocycles. The minimum Gasteiger partial charge on any atom is -0.326 e. The van der Waals surface area contributed by atoms with Gasteiger partial charge in [-0.15, -0.1) is 0 Å². The largest absolute Gasteiger partial charge is 0.326 e. The molecule has 0 amide bonds. The Bertz CT molecular complexity index is 700. The van der Waals surface area contributed by atoms with Crippen molar-refractivity contribution in [3.05, 3.63) is 52.0 Å². The van der Waals surface area contributed by atoms with Crippen molar-refractivity contribution in [2.75, 3.05) is 0 Å². The lowest BCUT2D eigenvalue weighted by Crippen LogP contribution is -2.34. The Labute approximate surface area is 127 Å². The maximum Gasteiger partial charge on any atom is 0.240 e. The lowest BCUT2D eigenvalue weighted by atomic mass is 10.1. The van der Waals surface area contributed by atoms with Gasteiger partial charge >= 0.3 is 0 Å². The van der Waals surface area contributed by atoms with Crippen LogP contribution in [0.4, 0.5) is 4.39 Å². The Morgan fingerprint density at radius 3 is 2.76 bits per heavy atom. The van der Waals surface area contributed by atoms with Gasteiger partial charge in [-0.1, -0.05) is 0 Å². The van der Waals surface area contributed by atoms with Crippen molar-refractivity contribution in [3.8, 4) is 0 Å². The van der Waals surface area contributed by atoms with Gasteiger partial charge < -0.3 is 5.73 Å². The highest BCUT2D eigenvalue weighted by Crippen LogP contribution is 2.16. The van der Waals surface area contributed by atoms with Crippen LogP contribution in [0.5, 0.6) is 0 Å². The monoisotopic (exact) mass is 328 g/mol. The van der Waals surface area contributed by atoms with Crippen molar-refractivity contribution >= 4 is 21.4 Å². The Kier molecular flexibility index (Phi) is 5.10. The molecule has 1 unspecified atom stereocenters. The second-order valence-corrected chi connectivity index (χ2v) is 7.31. The maximum atomic E-state index is 13.4. The van der Waals surface area contributed by atoms with E-state index in [1.807, 2.05) is 16.8 Å². The van der Waals surface area contributed by atoms with Crippen molar-refractivity contribution in [2.45, 2.75) is 30.8 Å². The minimum absolute atomic E-state index is 0.0292. The van der Waals surface area contributed by atoms with Crippen LogP contribution in [0.25, 0.3) is 0 Å². The van der Waals surface area contributed by atoms with Crippen LogP contribution in [0.3, 0.4) is 0 Å². The first-order valence-electron chi connectivity index (χ1n) is 6.44. The summed E-state index contributed by atoms with van der Waals surface area (Å²) in [5.74, 6) is -0.497. The fraction of sp³-hybridized carbons (Fsp3) is 0.286. The summed E-state index contributed by atoms with van der Waals surface area (Å²) in [4.78, 5) is 0.0292. The molecule has 0 aliphatic heterocycles. The molecule has 114 valence electrons.